The van der Waals surface area contributed by atoms with Gasteiger partial charge in [-0.05, 0) is 24.3 Å². The zero-order valence-corrected chi connectivity index (χ0v) is 11.8. The zero-order valence-electron chi connectivity index (χ0n) is 11.0. The number of pyridine rings is 1. The van der Waals surface area contributed by atoms with E-state index in [1.807, 2.05) is 35.2 Å². The van der Waals surface area contributed by atoms with Crippen LogP contribution < -0.4 is 9.71 Å². The molecule has 0 saturated carbocycles. The Morgan fingerprint density at radius 2 is 1.62 bits per heavy atom. The summed E-state index contributed by atoms with van der Waals surface area (Å²) in [6.07, 6.45) is 5.50. The third kappa shape index (κ3) is 4.48. The van der Waals surface area contributed by atoms with Gasteiger partial charge in [0.2, 0.25) is 10.0 Å². The quantitative estimate of drug-likeness (QED) is 0.669. The Balaban J connectivity index is 0.000000155. The average Bonchev–Trinajstić information content (AvgIpc) is 3.03. The summed E-state index contributed by atoms with van der Waals surface area (Å²) in [4.78, 5) is 0.148. The van der Waals surface area contributed by atoms with E-state index in [2.05, 4.69) is 15.4 Å². The van der Waals surface area contributed by atoms with Crippen LogP contribution in [0.15, 0.2) is 72.0 Å². The number of nitrogens with one attached hydrogen (secondary N) is 1. The van der Waals surface area contributed by atoms with Crippen molar-refractivity contribution in [3.8, 4) is 5.82 Å². The second kappa shape index (κ2) is 6.73. The lowest BCUT2D eigenvalue weighted by molar-refractivity contribution is -0.599. The number of benzene rings is 1. The van der Waals surface area contributed by atoms with E-state index in [9.17, 15) is 8.42 Å². The van der Waals surface area contributed by atoms with Crippen molar-refractivity contribution in [3.05, 3.63) is 67.1 Å². The molecule has 21 heavy (non-hydrogen) atoms. The molecule has 2 heterocycles. The summed E-state index contributed by atoms with van der Waals surface area (Å²) in [5, 5.41) is 15.0. The van der Waals surface area contributed by atoms with Gasteiger partial charge in [0.25, 0.3) is 0 Å². The molecule has 0 aliphatic carbocycles. The van der Waals surface area contributed by atoms with Gasteiger partial charge >= 0.3 is 5.82 Å². The molecular formula is C13H14N5O2S+. The molecule has 0 unspecified atom stereocenters. The van der Waals surface area contributed by atoms with Crippen molar-refractivity contribution < 1.29 is 13.0 Å². The molecule has 0 fully saturated rings. The molecule has 3 rings (SSSR count). The standard InChI is InChI=1S/C7H7N4.C6H7NO2S/c1-2-4-11(5-3-1)7-6-8-10-9-7;7-10(8,9)6-4-2-1-3-5-6/h1-6H,(H,8,9,10);1-5H,(H2,7,8,9)/q+1;. The number of hydrogen-bond acceptors (Lipinski definition) is 4. The van der Waals surface area contributed by atoms with Crippen molar-refractivity contribution in [3.63, 3.8) is 0 Å². The highest BCUT2D eigenvalue weighted by Crippen LogP contribution is 2.03. The Bertz CT molecular complexity index is 759. The Hall–Kier alpha value is -2.58. The molecule has 2 aromatic heterocycles. The maximum atomic E-state index is 10.6. The molecule has 0 atom stereocenters. The van der Waals surface area contributed by atoms with E-state index in [4.69, 9.17) is 5.14 Å². The minimum Gasteiger partial charge on any atom is -0.225 e. The number of rotatable bonds is 2. The third-order valence-corrected chi connectivity index (χ3v) is 3.38. The predicted molar refractivity (Wildman–Crippen MR) is 75.7 cm³/mol. The molecule has 7 nitrogen and oxygen atoms in total. The Labute approximate surface area is 122 Å². The third-order valence-electron chi connectivity index (χ3n) is 2.45. The SMILES string of the molecule is NS(=O)(=O)c1ccccc1.c1cc[n+](-c2cn[nH]n2)cc1. The summed E-state index contributed by atoms with van der Waals surface area (Å²) in [7, 11) is -3.50. The van der Waals surface area contributed by atoms with Gasteiger partial charge in [-0.15, -0.1) is 10.3 Å². The van der Waals surface area contributed by atoms with Crippen LogP contribution >= 0.6 is 0 Å². The van der Waals surface area contributed by atoms with Crippen molar-refractivity contribution in [2.75, 3.05) is 0 Å². The minimum atomic E-state index is -3.50. The molecule has 0 aliphatic heterocycles. The van der Waals surface area contributed by atoms with E-state index in [1.165, 1.54) is 12.1 Å². The summed E-state index contributed by atoms with van der Waals surface area (Å²) < 4.78 is 23.1. The molecule has 8 heteroatoms. The van der Waals surface area contributed by atoms with Gasteiger partial charge in [-0.2, -0.15) is 0 Å². The fourth-order valence-corrected chi connectivity index (χ4v) is 2.02. The second-order valence-corrected chi connectivity index (χ2v) is 5.53. The lowest BCUT2D eigenvalue weighted by Crippen LogP contribution is -2.29. The van der Waals surface area contributed by atoms with Crippen molar-refractivity contribution in [1.82, 2.24) is 15.4 Å². The lowest BCUT2D eigenvalue weighted by Gasteiger charge is -1.93. The van der Waals surface area contributed by atoms with E-state index >= 15 is 0 Å². The van der Waals surface area contributed by atoms with Crippen LogP contribution in [0.4, 0.5) is 0 Å². The number of sulfonamides is 1. The van der Waals surface area contributed by atoms with E-state index in [-0.39, 0.29) is 4.90 Å². The van der Waals surface area contributed by atoms with Crippen molar-refractivity contribution in [2.45, 2.75) is 4.90 Å². The fourth-order valence-electron chi connectivity index (χ4n) is 1.48. The summed E-state index contributed by atoms with van der Waals surface area (Å²) in [6.45, 7) is 0. The van der Waals surface area contributed by atoms with E-state index < -0.39 is 10.0 Å². The predicted octanol–water partition coefficient (Wildman–Crippen LogP) is 0.415. The maximum absolute atomic E-state index is 10.6. The molecule has 0 bridgehead atoms. The summed E-state index contributed by atoms with van der Waals surface area (Å²) >= 11 is 0. The van der Waals surface area contributed by atoms with Crippen LogP contribution in [0, 0.1) is 0 Å². The molecule has 108 valence electrons. The van der Waals surface area contributed by atoms with Gasteiger partial charge in [-0.3, -0.25) is 0 Å². The topological polar surface area (TPSA) is 106 Å². The molecule has 0 spiro atoms. The monoisotopic (exact) mass is 304 g/mol. The molecule has 3 aromatic rings. The Kier molecular flexibility index (Phi) is 4.75. The number of hydrogen-bond donors (Lipinski definition) is 2. The first kappa shape index (κ1) is 14.8. The largest absolute Gasteiger partial charge is 0.374 e. The molecular weight excluding hydrogens is 290 g/mol. The fraction of sp³-hybridized carbons (Fsp3) is 0. The lowest BCUT2D eigenvalue weighted by atomic mass is 10.4. The van der Waals surface area contributed by atoms with Crippen LogP contribution in [-0.4, -0.2) is 23.8 Å². The van der Waals surface area contributed by atoms with Crippen LogP contribution in [0.3, 0.4) is 0 Å². The van der Waals surface area contributed by atoms with E-state index in [1.54, 1.807) is 24.4 Å². The summed E-state index contributed by atoms with van der Waals surface area (Å²) in [6, 6.07) is 13.7. The van der Waals surface area contributed by atoms with Crippen LogP contribution in [0.5, 0.6) is 0 Å². The van der Waals surface area contributed by atoms with Gasteiger partial charge in [0, 0.05) is 0 Å². The van der Waals surface area contributed by atoms with Gasteiger partial charge in [0.1, 0.15) is 6.20 Å². The molecule has 0 saturated heterocycles. The first-order valence-electron chi connectivity index (χ1n) is 5.97. The second-order valence-electron chi connectivity index (χ2n) is 3.97. The average molecular weight is 304 g/mol. The highest BCUT2D eigenvalue weighted by molar-refractivity contribution is 7.89. The van der Waals surface area contributed by atoms with E-state index in [0.717, 1.165) is 5.82 Å². The van der Waals surface area contributed by atoms with Crippen LogP contribution in [0.1, 0.15) is 0 Å². The van der Waals surface area contributed by atoms with Crippen LogP contribution in [-0.2, 0) is 10.0 Å². The van der Waals surface area contributed by atoms with Gasteiger partial charge in [-0.1, -0.05) is 24.3 Å². The van der Waals surface area contributed by atoms with Crippen molar-refractivity contribution in [2.24, 2.45) is 5.14 Å². The number of primary sulfonamides is 1. The Morgan fingerprint density at radius 3 is 2.10 bits per heavy atom. The van der Waals surface area contributed by atoms with Gasteiger partial charge in [0.05, 0.1) is 22.4 Å². The normalized spacial score (nSPS) is 10.5. The number of H-pyrrole nitrogens is 1. The maximum Gasteiger partial charge on any atom is 0.374 e. The van der Waals surface area contributed by atoms with Gasteiger partial charge < -0.3 is 0 Å². The van der Waals surface area contributed by atoms with Crippen molar-refractivity contribution >= 4 is 10.0 Å². The highest BCUT2D eigenvalue weighted by Gasteiger charge is 2.05. The molecule has 0 aliphatic rings. The van der Waals surface area contributed by atoms with Crippen LogP contribution in [0.2, 0.25) is 0 Å². The molecule has 3 N–H and O–H groups in total. The van der Waals surface area contributed by atoms with E-state index in [0.29, 0.717) is 0 Å². The number of nitrogens with two attached hydrogens (primary N) is 1. The number of aromatic amines is 1. The molecule has 0 radical (unpaired) electrons. The first-order chi connectivity index (χ1) is 10.1. The van der Waals surface area contributed by atoms with Crippen molar-refractivity contribution in [1.29, 1.82) is 0 Å². The highest BCUT2D eigenvalue weighted by atomic mass is 32.2. The first-order valence-corrected chi connectivity index (χ1v) is 7.52. The van der Waals surface area contributed by atoms with Gasteiger partial charge in [0.15, 0.2) is 0 Å². The number of aromatic nitrogens is 4. The number of nitrogens with zero attached hydrogens (tertiary/aromatic N) is 3. The van der Waals surface area contributed by atoms with Crippen LogP contribution in [0.25, 0.3) is 5.82 Å². The minimum absolute atomic E-state index is 0.148. The zero-order chi connectivity index (χ0) is 15.1. The molecule has 1 aromatic carbocycles. The Morgan fingerprint density at radius 1 is 1.00 bits per heavy atom. The molecule has 0 amide bonds. The van der Waals surface area contributed by atoms with Gasteiger partial charge in [-0.25, -0.2) is 18.1 Å². The smallest absolute Gasteiger partial charge is 0.225 e. The summed E-state index contributed by atoms with van der Waals surface area (Å²) in [5.41, 5.74) is 0. The summed E-state index contributed by atoms with van der Waals surface area (Å²) in [5.74, 6) is 0.797.